The summed E-state index contributed by atoms with van der Waals surface area (Å²) in [7, 11) is 0. The maximum atomic E-state index is 12.6. The Labute approximate surface area is 169 Å². The Morgan fingerprint density at radius 1 is 1.07 bits per heavy atom. The van der Waals surface area contributed by atoms with Gasteiger partial charge in [-0.3, -0.25) is 4.79 Å². The average Bonchev–Trinajstić information content (AvgIpc) is 3.20. The number of aryl methyl sites for hydroxylation is 2. The largest absolute Gasteiger partial charge is 0.454 e. The molecule has 7 heteroatoms. The van der Waals surface area contributed by atoms with E-state index in [0.29, 0.717) is 29.6 Å². The van der Waals surface area contributed by atoms with Gasteiger partial charge in [-0.1, -0.05) is 31.2 Å². The van der Waals surface area contributed by atoms with Gasteiger partial charge in [0.05, 0.1) is 0 Å². The summed E-state index contributed by atoms with van der Waals surface area (Å²) in [5, 5.41) is 6.19. The molecule has 4 rings (SSSR count). The molecule has 0 bridgehead atoms. The fourth-order valence-corrected chi connectivity index (χ4v) is 3.16. The Bertz CT molecular complexity index is 1050. The predicted octanol–water partition coefficient (Wildman–Crippen LogP) is 3.75. The van der Waals surface area contributed by atoms with E-state index in [4.69, 9.17) is 9.47 Å². The number of carbonyl (C=O) groups excluding carboxylic acids is 1. The van der Waals surface area contributed by atoms with Gasteiger partial charge in [0.1, 0.15) is 17.3 Å². The Hall–Kier alpha value is -3.61. The van der Waals surface area contributed by atoms with E-state index in [9.17, 15) is 4.79 Å². The Morgan fingerprint density at radius 2 is 1.90 bits per heavy atom. The van der Waals surface area contributed by atoms with E-state index >= 15 is 0 Å². The molecule has 29 heavy (non-hydrogen) atoms. The average molecular weight is 390 g/mol. The molecule has 2 aromatic carbocycles. The van der Waals surface area contributed by atoms with Crippen LogP contribution in [-0.2, 0) is 13.0 Å². The molecule has 2 heterocycles. The molecular formula is C22H22N4O3. The van der Waals surface area contributed by atoms with Gasteiger partial charge in [-0.15, -0.1) is 0 Å². The van der Waals surface area contributed by atoms with Crippen molar-refractivity contribution in [3.05, 3.63) is 71.2 Å². The first kappa shape index (κ1) is 18.7. The van der Waals surface area contributed by atoms with Gasteiger partial charge in [-0.2, -0.15) is 0 Å². The zero-order chi connectivity index (χ0) is 20.2. The first-order chi connectivity index (χ1) is 14.1. The Kier molecular flexibility index (Phi) is 5.29. The van der Waals surface area contributed by atoms with Crippen molar-refractivity contribution >= 4 is 17.4 Å². The van der Waals surface area contributed by atoms with Crippen LogP contribution in [0.5, 0.6) is 11.5 Å². The first-order valence-corrected chi connectivity index (χ1v) is 9.49. The van der Waals surface area contributed by atoms with Gasteiger partial charge in [0.25, 0.3) is 5.91 Å². The second-order valence-electron chi connectivity index (χ2n) is 6.69. The summed E-state index contributed by atoms with van der Waals surface area (Å²) in [6, 6.07) is 15.3. The topological polar surface area (TPSA) is 85.4 Å². The molecule has 0 saturated carbocycles. The monoisotopic (exact) mass is 390 g/mol. The lowest BCUT2D eigenvalue weighted by Crippen LogP contribution is -2.24. The lowest BCUT2D eigenvalue weighted by atomic mass is 10.1. The van der Waals surface area contributed by atoms with Gasteiger partial charge in [0.15, 0.2) is 11.5 Å². The molecule has 7 nitrogen and oxygen atoms in total. The number of rotatable bonds is 6. The highest BCUT2D eigenvalue weighted by atomic mass is 16.7. The van der Waals surface area contributed by atoms with E-state index in [0.717, 1.165) is 23.4 Å². The van der Waals surface area contributed by atoms with Crippen molar-refractivity contribution in [2.24, 2.45) is 0 Å². The minimum absolute atomic E-state index is 0.224. The third-order valence-electron chi connectivity index (χ3n) is 4.62. The van der Waals surface area contributed by atoms with E-state index in [2.05, 4.69) is 33.6 Å². The summed E-state index contributed by atoms with van der Waals surface area (Å²) in [6.45, 7) is 4.45. The Morgan fingerprint density at radius 3 is 2.76 bits per heavy atom. The summed E-state index contributed by atoms with van der Waals surface area (Å²) in [4.78, 5) is 21.3. The van der Waals surface area contributed by atoms with Crippen molar-refractivity contribution < 1.29 is 14.3 Å². The van der Waals surface area contributed by atoms with Crippen LogP contribution >= 0.6 is 0 Å². The molecule has 1 aliphatic heterocycles. The predicted molar refractivity (Wildman–Crippen MR) is 110 cm³/mol. The van der Waals surface area contributed by atoms with E-state index in [1.54, 1.807) is 13.0 Å². The fraction of sp³-hybridized carbons (Fsp3) is 0.227. The van der Waals surface area contributed by atoms with E-state index in [1.165, 1.54) is 5.56 Å². The molecule has 0 unspecified atom stereocenters. The maximum absolute atomic E-state index is 12.6. The summed E-state index contributed by atoms with van der Waals surface area (Å²) in [5.41, 5.74) is 3.38. The Balaban J connectivity index is 1.47. The van der Waals surface area contributed by atoms with Crippen LogP contribution in [0.25, 0.3) is 0 Å². The first-order valence-electron chi connectivity index (χ1n) is 9.49. The number of ether oxygens (including phenoxy) is 2. The molecule has 0 saturated heterocycles. The van der Waals surface area contributed by atoms with Crippen LogP contribution in [-0.4, -0.2) is 22.7 Å². The summed E-state index contributed by atoms with van der Waals surface area (Å²) < 4.78 is 10.7. The molecule has 3 aromatic rings. The van der Waals surface area contributed by atoms with Gasteiger partial charge in [-0.05, 0) is 42.7 Å². The number of anilines is 2. The number of hydrogen-bond donors (Lipinski definition) is 2. The molecule has 0 spiro atoms. The molecule has 148 valence electrons. The van der Waals surface area contributed by atoms with Crippen LogP contribution in [0.1, 0.15) is 34.4 Å². The molecule has 0 radical (unpaired) electrons. The maximum Gasteiger partial charge on any atom is 0.270 e. The van der Waals surface area contributed by atoms with E-state index < -0.39 is 0 Å². The second-order valence-corrected chi connectivity index (χ2v) is 6.69. The van der Waals surface area contributed by atoms with Gasteiger partial charge in [-0.25, -0.2) is 9.97 Å². The number of para-hydroxylation sites is 1. The summed E-state index contributed by atoms with van der Waals surface area (Å²) in [6.07, 6.45) is 0.899. The number of hydrogen-bond acceptors (Lipinski definition) is 6. The van der Waals surface area contributed by atoms with Gasteiger partial charge in [0.2, 0.25) is 6.79 Å². The smallest absolute Gasteiger partial charge is 0.270 e. The highest BCUT2D eigenvalue weighted by Crippen LogP contribution is 2.32. The molecule has 0 atom stereocenters. The van der Waals surface area contributed by atoms with Crippen molar-refractivity contribution in [2.75, 3.05) is 12.1 Å². The zero-order valence-electron chi connectivity index (χ0n) is 16.4. The van der Waals surface area contributed by atoms with Crippen molar-refractivity contribution in [1.29, 1.82) is 0 Å². The van der Waals surface area contributed by atoms with Gasteiger partial charge < -0.3 is 20.1 Å². The molecule has 0 fully saturated rings. The van der Waals surface area contributed by atoms with Crippen LogP contribution < -0.4 is 20.1 Å². The highest BCUT2D eigenvalue weighted by Gasteiger charge is 2.15. The van der Waals surface area contributed by atoms with Crippen LogP contribution in [0, 0.1) is 6.92 Å². The zero-order valence-corrected chi connectivity index (χ0v) is 16.4. The van der Waals surface area contributed by atoms with Crippen molar-refractivity contribution in [2.45, 2.75) is 26.8 Å². The second kappa shape index (κ2) is 8.18. The van der Waals surface area contributed by atoms with Crippen LogP contribution in [0.2, 0.25) is 0 Å². The lowest BCUT2D eigenvalue weighted by Gasteiger charge is -2.12. The van der Waals surface area contributed by atoms with Crippen LogP contribution in [0.3, 0.4) is 0 Å². The molecule has 2 N–H and O–H groups in total. The molecule has 1 aromatic heterocycles. The van der Waals surface area contributed by atoms with Crippen molar-refractivity contribution in [3.63, 3.8) is 0 Å². The minimum atomic E-state index is -0.264. The number of amides is 1. The number of carbonyl (C=O) groups is 1. The van der Waals surface area contributed by atoms with Crippen LogP contribution in [0.4, 0.5) is 11.5 Å². The molecular weight excluding hydrogens is 368 g/mol. The number of benzene rings is 2. The third kappa shape index (κ3) is 4.29. The van der Waals surface area contributed by atoms with Crippen molar-refractivity contribution in [3.8, 4) is 11.5 Å². The SMILES string of the molecule is CCc1ccccc1Nc1cc(C(=O)NCc2ccc3c(c2)OCO3)nc(C)n1. The highest BCUT2D eigenvalue weighted by molar-refractivity contribution is 5.93. The van der Waals surface area contributed by atoms with E-state index in [1.807, 2.05) is 36.4 Å². The third-order valence-corrected chi connectivity index (χ3v) is 4.62. The number of nitrogens with zero attached hydrogens (tertiary/aromatic N) is 2. The number of fused-ring (bicyclic) bond motifs is 1. The van der Waals surface area contributed by atoms with Gasteiger partial charge >= 0.3 is 0 Å². The molecule has 0 aliphatic carbocycles. The number of aromatic nitrogens is 2. The summed E-state index contributed by atoms with van der Waals surface area (Å²) >= 11 is 0. The standard InChI is InChI=1S/C22H22N4O3/c1-3-16-6-4-5-7-17(16)26-21-11-18(24-14(2)25-21)22(27)23-12-15-8-9-19-20(10-15)29-13-28-19/h4-11H,3,12-13H2,1-2H3,(H,23,27)(H,24,25,26). The van der Waals surface area contributed by atoms with Crippen LogP contribution in [0.15, 0.2) is 48.5 Å². The summed E-state index contributed by atoms with van der Waals surface area (Å²) in [5.74, 6) is 2.26. The van der Waals surface area contributed by atoms with E-state index in [-0.39, 0.29) is 12.7 Å². The quantitative estimate of drug-likeness (QED) is 0.667. The minimum Gasteiger partial charge on any atom is -0.454 e. The van der Waals surface area contributed by atoms with Crippen molar-refractivity contribution in [1.82, 2.24) is 15.3 Å². The molecule has 1 amide bonds. The normalized spacial score (nSPS) is 11.9. The fourth-order valence-electron chi connectivity index (χ4n) is 3.16. The van der Waals surface area contributed by atoms with Gasteiger partial charge in [0, 0.05) is 18.3 Å². The lowest BCUT2D eigenvalue weighted by molar-refractivity contribution is 0.0945. The number of nitrogens with one attached hydrogen (secondary N) is 2. The molecule has 1 aliphatic rings.